The van der Waals surface area contributed by atoms with Gasteiger partial charge in [0.05, 0.1) is 13.0 Å². The molecular weight excluding hydrogens is 286 g/mol. The van der Waals surface area contributed by atoms with Crippen LogP contribution in [0, 0.1) is 0 Å². The van der Waals surface area contributed by atoms with Gasteiger partial charge in [0.2, 0.25) is 0 Å². The Morgan fingerprint density at radius 1 is 1.24 bits per heavy atom. The average Bonchev–Trinajstić information content (AvgIpc) is 2.90. The highest BCUT2D eigenvalue weighted by Gasteiger charge is 2.06. The number of rotatable bonds is 8. The number of hydrogen-bond donors (Lipinski definition) is 2. The Labute approximate surface area is 128 Å². The summed E-state index contributed by atoms with van der Waals surface area (Å²) in [5, 5.41) is 12.2. The Morgan fingerprint density at radius 2 is 2.00 bits per heavy atom. The number of anilines is 1. The summed E-state index contributed by atoms with van der Waals surface area (Å²) in [5.74, 6) is -0.793. The number of ether oxygens (including phenoxy) is 1. The first kappa shape index (κ1) is 15.5. The molecule has 0 unspecified atom stereocenters. The molecule has 1 aromatic carbocycles. The van der Waals surface area contributed by atoms with Crippen LogP contribution in [-0.2, 0) is 29.1 Å². The molecule has 0 amide bonds. The molecule has 0 aliphatic rings. The Balaban J connectivity index is 1.96. The predicted octanol–water partition coefficient (Wildman–Crippen LogP) is 3.52. The summed E-state index contributed by atoms with van der Waals surface area (Å²) < 4.78 is 5.46. The van der Waals surface area contributed by atoms with Gasteiger partial charge in [0.1, 0.15) is 0 Å². The zero-order valence-corrected chi connectivity index (χ0v) is 12.8. The molecule has 5 heteroatoms. The topological polar surface area (TPSA) is 58.6 Å². The maximum absolute atomic E-state index is 10.7. The molecule has 0 saturated carbocycles. The molecular formula is C16H19NO3S. The highest BCUT2D eigenvalue weighted by Crippen LogP contribution is 2.21. The van der Waals surface area contributed by atoms with E-state index in [2.05, 4.69) is 5.32 Å². The molecule has 2 N–H and O–H groups in total. The van der Waals surface area contributed by atoms with Gasteiger partial charge in [0.15, 0.2) is 0 Å². The molecule has 0 radical (unpaired) electrons. The van der Waals surface area contributed by atoms with Crippen LogP contribution in [0.15, 0.2) is 36.4 Å². The Bertz CT molecular complexity index is 595. The van der Waals surface area contributed by atoms with E-state index in [-0.39, 0.29) is 6.42 Å². The van der Waals surface area contributed by atoms with Crippen LogP contribution >= 0.6 is 11.3 Å². The monoisotopic (exact) mass is 305 g/mol. The van der Waals surface area contributed by atoms with Gasteiger partial charge in [-0.2, -0.15) is 0 Å². The first-order chi connectivity index (χ1) is 10.2. The molecule has 4 nitrogen and oxygen atoms in total. The van der Waals surface area contributed by atoms with Crippen LogP contribution in [0.3, 0.4) is 0 Å². The van der Waals surface area contributed by atoms with Crippen LogP contribution in [0.5, 0.6) is 0 Å². The van der Waals surface area contributed by atoms with Crippen LogP contribution in [0.1, 0.15) is 22.2 Å². The molecule has 0 aliphatic carbocycles. The van der Waals surface area contributed by atoms with Gasteiger partial charge in [-0.1, -0.05) is 18.2 Å². The second kappa shape index (κ2) is 7.81. The van der Waals surface area contributed by atoms with Gasteiger partial charge in [-0.3, -0.25) is 4.79 Å². The van der Waals surface area contributed by atoms with Gasteiger partial charge in [-0.15, -0.1) is 11.3 Å². The standard InChI is InChI=1S/C16H19NO3S/c1-2-20-11-12-5-3-4-6-15(12)17-10-14-8-7-13(21-14)9-16(18)19/h3-8,17H,2,9-11H2,1H3,(H,18,19). The minimum absolute atomic E-state index is 0.0889. The molecule has 0 fully saturated rings. The zero-order valence-electron chi connectivity index (χ0n) is 12.0. The van der Waals surface area contributed by atoms with E-state index in [4.69, 9.17) is 9.84 Å². The Hall–Kier alpha value is -1.85. The first-order valence-electron chi connectivity index (χ1n) is 6.88. The average molecular weight is 305 g/mol. The number of nitrogens with one attached hydrogen (secondary N) is 1. The number of hydrogen-bond acceptors (Lipinski definition) is 4. The largest absolute Gasteiger partial charge is 0.481 e. The third-order valence-electron chi connectivity index (χ3n) is 2.97. The summed E-state index contributed by atoms with van der Waals surface area (Å²) >= 11 is 1.53. The minimum Gasteiger partial charge on any atom is -0.481 e. The molecule has 2 aromatic rings. The summed E-state index contributed by atoms with van der Waals surface area (Å²) in [6.07, 6.45) is 0.0889. The van der Waals surface area contributed by atoms with E-state index in [1.54, 1.807) is 0 Å². The number of carboxylic acids is 1. The van der Waals surface area contributed by atoms with E-state index < -0.39 is 5.97 Å². The summed E-state index contributed by atoms with van der Waals surface area (Å²) in [6.45, 7) is 3.95. The lowest BCUT2D eigenvalue weighted by Gasteiger charge is -2.11. The van der Waals surface area contributed by atoms with Gasteiger partial charge in [0.25, 0.3) is 0 Å². The molecule has 21 heavy (non-hydrogen) atoms. The molecule has 0 bridgehead atoms. The van der Waals surface area contributed by atoms with Crippen molar-refractivity contribution in [1.82, 2.24) is 0 Å². The van der Waals surface area contributed by atoms with Gasteiger partial charge in [-0.05, 0) is 25.1 Å². The summed E-state index contributed by atoms with van der Waals surface area (Å²) in [5.41, 5.74) is 2.18. The van der Waals surface area contributed by atoms with Gasteiger partial charge in [-0.25, -0.2) is 0 Å². The zero-order chi connectivity index (χ0) is 15.1. The van der Waals surface area contributed by atoms with E-state index >= 15 is 0 Å². The lowest BCUT2D eigenvalue weighted by Crippen LogP contribution is -2.02. The second-order valence-electron chi connectivity index (χ2n) is 4.59. The third kappa shape index (κ3) is 4.88. The van der Waals surface area contributed by atoms with Crippen LogP contribution in [0.4, 0.5) is 5.69 Å². The molecule has 0 atom stereocenters. The SMILES string of the molecule is CCOCc1ccccc1NCc1ccc(CC(=O)O)s1. The number of para-hydroxylation sites is 1. The van der Waals surface area contributed by atoms with Crippen molar-refractivity contribution in [2.24, 2.45) is 0 Å². The van der Waals surface area contributed by atoms with Crippen molar-refractivity contribution in [3.05, 3.63) is 51.7 Å². The fourth-order valence-electron chi connectivity index (χ4n) is 1.97. The summed E-state index contributed by atoms with van der Waals surface area (Å²) in [7, 11) is 0. The highest BCUT2D eigenvalue weighted by molar-refractivity contribution is 7.12. The molecule has 1 aromatic heterocycles. The van der Waals surface area contributed by atoms with Gasteiger partial charge < -0.3 is 15.2 Å². The van der Waals surface area contributed by atoms with E-state index in [9.17, 15) is 4.79 Å². The van der Waals surface area contributed by atoms with Crippen molar-refractivity contribution in [3.63, 3.8) is 0 Å². The van der Waals surface area contributed by atoms with Gasteiger partial charge in [0, 0.05) is 34.2 Å². The molecule has 0 saturated heterocycles. The molecule has 0 aliphatic heterocycles. The summed E-state index contributed by atoms with van der Waals surface area (Å²) in [6, 6.07) is 11.9. The van der Waals surface area contributed by atoms with Crippen molar-refractivity contribution in [2.45, 2.75) is 26.5 Å². The molecule has 1 heterocycles. The first-order valence-corrected chi connectivity index (χ1v) is 7.69. The maximum Gasteiger partial charge on any atom is 0.308 e. The minimum atomic E-state index is -0.793. The fourth-order valence-corrected chi connectivity index (χ4v) is 2.92. The van der Waals surface area contributed by atoms with Crippen molar-refractivity contribution in [1.29, 1.82) is 0 Å². The van der Waals surface area contributed by atoms with Crippen molar-refractivity contribution >= 4 is 23.0 Å². The molecule has 2 rings (SSSR count). The maximum atomic E-state index is 10.7. The third-order valence-corrected chi connectivity index (χ3v) is 4.06. The van der Waals surface area contributed by atoms with Crippen LogP contribution in [0.2, 0.25) is 0 Å². The fraction of sp³-hybridized carbons (Fsp3) is 0.312. The number of carbonyl (C=O) groups is 1. The van der Waals surface area contributed by atoms with Crippen LogP contribution in [-0.4, -0.2) is 17.7 Å². The van der Waals surface area contributed by atoms with Crippen molar-refractivity contribution in [3.8, 4) is 0 Å². The van der Waals surface area contributed by atoms with Crippen LogP contribution in [0.25, 0.3) is 0 Å². The van der Waals surface area contributed by atoms with E-state index in [1.807, 2.05) is 43.3 Å². The number of benzene rings is 1. The lowest BCUT2D eigenvalue weighted by molar-refractivity contribution is -0.136. The normalized spacial score (nSPS) is 10.5. The quantitative estimate of drug-likeness (QED) is 0.783. The molecule has 112 valence electrons. The lowest BCUT2D eigenvalue weighted by atomic mass is 10.2. The smallest absolute Gasteiger partial charge is 0.308 e. The van der Waals surface area contributed by atoms with E-state index in [0.29, 0.717) is 19.8 Å². The van der Waals surface area contributed by atoms with Crippen LogP contribution < -0.4 is 5.32 Å². The van der Waals surface area contributed by atoms with Gasteiger partial charge >= 0.3 is 5.97 Å². The van der Waals surface area contributed by atoms with E-state index in [1.165, 1.54) is 11.3 Å². The highest BCUT2D eigenvalue weighted by atomic mass is 32.1. The Morgan fingerprint density at radius 3 is 2.76 bits per heavy atom. The summed E-state index contributed by atoms with van der Waals surface area (Å²) in [4.78, 5) is 12.7. The number of thiophene rings is 1. The van der Waals surface area contributed by atoms with E-state index in [0.717, 1.165) is 21.0 Å². The second-order valence-corrected chi connectivity index (χ2v) is 5.84. The number of carboxylic acid groups (broad SMARTS) is 1. The Kier molecular flexibility index (Phi) is 5.78. The predicted molar refractivity (Wildman–Crippen MR) is 84.8 cm³/mol. The van der Waals surface area contributed by atoms with Crippen molar-refractivity contribution < 1.29 is 14.6 Å². The number of aliphatic carboxylic acids is 1. The molecule has 0 spiro atoms. The van der Waals surface area contributed by atoms with Crippen molar-refractivity contribution in [2.75, 3.05) is 11.9 Å².